The van der Waals surface area contributed by atoms with Gasteiger partial charge in [0, 0.05) is 10.6 Å². The average molecular weight is 436 g/mol. The minimum atomic E-state index is -0.0988. The Kier molecular flexibility index (Phi) is 4.76. The molecule has 0 atom stereocenters. The number of nitrogens with one attached hydrogen (secondary N) is 1. The van der Waals surface area contributed by atoms with Crippen LogP contribution >= 0.6 is 23.1 Å². The zero-order valence-corrected chi connectivity index (χ0v) is 17.9. The number of nitrogens with zero attached hydrogens (tertiary/aromatic N) is 4. The topological polar surface area (TPSA) is 89.6 Å². The number of aromatic nitrogens is 5. The monoisotopic (exact) mass is 435 g/mol. The second-order valence-electron chi connectivity index (χ2n) is 6.72. The van der Waals surface area contributed by atoms with Gasteiger partial charge in [-0.05, 0) is 43.7 Å². The third-order valence-electron chi connectivity index (χ3n) is 4.82. The van der Waals surface area contributed by atoms with Crippen LogP contribution in [0.1, 0.15) is 16.3 Å². The van der Waals surface area contributed by atoms with Crippen molar-refractivity contribution in [2.24, 2.45) is 0 Å². The fourth-order valence-corrected chi connectivity index (χ4v) is 5.11. The predicted molar refractivity (Wildman–Crippen MR) is 118 cm³/mol. The standard InChI is InChI=1S/C21H17N5O2S2/c1-12-13(2)30-20-17(12)19(27)22-16(23-20)11-29-21-25-24-18(15-9-6-10-28-15)26(21)14-7-4-3-5-8-14/h3-10H,11H2,1-2H3,(H,22,23,27). The van der Waals surface area contributed by atoms with Gasteiger partial charge in [-0.3, -0.25) is 9.36 Å². The number of furan rings is 1. The normalized spacial score (nSPS) is 11.4. The van der Waals surface area contributed by atoms with Gasteiger partial charge >= 0.3 is 0 Å². The Labute approximate surface area is 179 Å². The molecule has 30 heavy (non-hydrogen) atoms. The van der Waals surface area contributed by atoms with Crippen LogP contribution in [0, 0.1) is 13.8 Å². The fraction of sp³-hybridized carbons (Fsp3) is 0.143. The third-order valence-corrected chi connectivity index (χ3v) is 6.86. The van der Waals surface area contributed by atoms with E-state index >= 15 is 0 Å². The summed E-state index contributed by atoms with van der Waals surface area (Å²) in [6.07, 6.45) is 1.61. The van der Waals surface area contributed by atoms with Crippen molar-refractivity contribution >= 4 is 33.3 Å². The number of aromatic amines is 1. The SMILES string of the molecule is Cc1sc2nc(CSc3nnc(-c4ccco4)n3-c3ccccc3)[nH]c(=O)c2c1C. The highest BCUT2D eigenvalue weighted by molar-refractivity contribution is 7.98. The molecular weight excluding hydrogens is 418 g/mol. The van der Waals surface area contributed by atoms with E-state index in [1.54, 1.807) is 17.6 Å². The van der Waals surface area contributed by atoms with Crippen LogP contribution in [0.25, 0.3) is 27.5 Å². The largest absolute Gasteiger partial charge is 0.461 e. The van der Waals surface area contributed by atoms with Crippen molar-refractivity contribution in [2.45, 2.75) is 24.8 Å². The number of thioether (sulfide) groups is 1. The molecule has 0 bridgehead atoms. The molecule has 9 heteroatoms. The maximum absolute atomic E-state index is 12.5. The Balaban J connectivity index is 1.51. The van der Waals surface area contributed by atoms with Gasteiger partial charge in [0.1, 0.15) is 10.7 Å². The van der Waals surface area contributed by atoms with Crippen LogP contribution in [-0.2, 0) is 5.75 Å². The van der Waals surface area contributed by atoms with E-state index in [0.29, 0.717) is 33.7 Å². The summed E-state index contributed by atoms with van der Waals surface area (Å²) in [5, 5.41) is 10.1. The Bertz CT molecular complexity index is 1380. The molecule has 0 aliphatic heterocycles. The first kappa shape index (κ1) is 18.8. The van der Waals surface area contributed by atoms with Crippen LogP contribution < -0.4 is 5.56 Å². The second kappa shape index (κ2) is 7.58. The van der Waals surface area contributed by atoms with E-state index in [-0.39, 0.29) is 5.56 Å². The molecule has 0 unspecified atom stereocenters. The van der Waals surface area contributed by atoms with Crippen LogP contribution in [0.15, 0.2) is 63.1 Å². The van der Waals surface area contributed by atoms with Gasteiger partial charge in [0.15, 0.2) is 10.9 Å². The number of fused-ring (bicyclic) bond motifs is 1. The van der Waals surface area contributed by atoms with Gasteiger partial charge < -0.3 is 9.40 Å². The second-order valence-corrected chi connectivity index (χ2v) is 8.86. The highest BCUT2D eigenvalue weighted by atomic mass is 32.2. The predicted octanol–water partition coefficient (Wildman–Crippen LogP) is 4.73. The van der Waals surface area contributed by atoms with E-state index in [1.165, 1.54) is 11.8 Å². The lowest BCUT2D eigenvalue weighted by Gasteiger charge is -2.09. The number of benzene rings is 1. The Hall–Kier alpha value is -3.17. The highest BCUT2D eigenvalue weighted by Gasteiger charge is 2.19. The molecular formula is C21H17N5O2S2. The summed E-state index contributed by atoms with van der Waals surface area (Å²) in [6.45, 7) is 3.96. The lowest BCUT2D eigenvalue weighted by atomic mass is 10.2. The van der Waals surface area contributed by atoms with E-state index in [4.69, 9.17) is 4.42 Å². The number of hydrogen-bond donors (Lipinski definition) is 1. The zero-order chi connectivity index (χ0) is 20.7. The van der Waals surface area contributed by atoms with E-state index in [0.717, 1.165) is 21.0 Å². The molecule has 0 saturated heterocycles. The van der Waals surface area contributed by atoms with Gasteiger partial charge in [-0.1, -0.05) is 30.0 Å². The Morgan fingerprint density at radius 2 is 1.97 bits per heavy atom. The summed E-state index contributed by atoms with van der Waals surface area (Å²) in [4.78, 5) is 22.0. The molecule has 4 aromatic heterocycles. The quantitative estimate of drug-likeness (QED) is 0.401. The number of hydrogen-bond acceptors (Lipinski definition) is 7. The molecule has 0 saturated carbocycles. The minimum absolute atomic E-state index is 0.0988. The van der Waals surface area contributed by atoms with Crippen LogP contribution in [-0.4, -0.2) is 24.7 Å². The first-order valence-corrected chi connectivity index (χ1v) is 11.1. The number of rotatable bonds is 5. The summed E-state index contributed by atoms with van der Waals surface area (Å²) < 4.78 is 7.49. The first-order valence-electron chi connectivity index (χ1n) is 9.28. The van der Waals surface area contributed by atoms with Crippen LogP contribution in [0.4, 0.5) is 0 Å². The molecule has 0 spiro atoms. The number of para-hydroxylation sites is 1. The van der Waals surface area contributed by atoms with Crippen molar-refractivity contribution in [3.8, 4) is 17.3 Å². The van der Waals surface area contributed by atoms with E-state index in [1.807, 2.05) is 60.9 Å². The molecule has 1 aromatic carbocycles. The van der Waals surface area contributed by atoms with E-state index in [9.17, 15) is 4.79 Å². The Morgan fingerprint density at radius 3 is 2.73 bits per heavy atom. The molecule has 150 valence electrons. The molecule has 0 aliphatic carbocycles. The molecule has 0 amide bonds. The summed E-state index contributed by atoms with van der Waals surface area (Å²) >= 11 is 3.01. The average Bonchev–Trinajstić information content (AvgIpc) is 3.47. The fourth-order valence-electron chi connectivity index (χ4n) is 3.24. The van der Waals surface area contributed by atoms with Crippen LogP contribution in [0.2, 0.25) is 0 Å². The molecule has 0 aliphatic rings. The van der Waals surface area contributed by atoms with Crippen molar-refractivity contribution in [2.75, 3.05) is 0 Å². The van der Waals surface area contributed by atoms with E-state index in [2.05, 4.69) is 20.2 Å². The minimum Gasteiger partial charge on any atom is -0.461 e. The van der Waals surface area contributed by atoms with Crippen molar-refractivity contribution < 1.29 is 4.42 Å². The van der Waals surface area contributed by atoms with Gasteiger partial charge in [0.05, 0.1) is 17.4 Å². The zero-order valence-electron chi connectivity index (χ0n) is 16.2. The van der Waals surface area contributed by atoms with Gasteiger partial charge in [-0.2, -0.15) is 0 Å². The highest BCUT2D eigenvalue weighted by Crippen LogP contribution is 2.30. The van der Waals surface area contributed by atoms with Crippen molar-refractivity contribution in [3.05, 3.63) is 75.3 Å². The van der Waals surface area contributed by atoms with Crippen LogP contribution in [0.5, 0.6) is 0 Å². The van der Waals surface area contributed by atoms with Crippen molar-refractivity contribution in [1.82, 2.24) is 24.7 Å². The maximum atomic E-state index is 12.5. The third kappa shape index (κ3) is 3.25. The summed E-state index contributed by atoms with van der Waals surface area (Å²) in [5.41, 5.74) is 1.82. The molecule has 1 N–H and O–H groups in total. The van der Waals surface area contributed by atoms with Gasteiger partial charge in [-0.25, -0.2) is 4.98 Å². The maximum Gasteiger partial charge on any atom is 0.259 e. The summed E-state index contributed by atoms with van der Waals surface area (Å²) in [6, 6.07) is 13.5. The van der Waals surface area contributed by atoms with Crippen molar-refractivity contribution in [3.63, 3.8) is 0 Å². The van der Waals surface area contributed by atoms with Gasteiger partial charge in [0.25, 0.3) is 5.56 Å². The molecule has 7 nitrogen and oxygen atoms in total. The van der Waals surface area contributed by atoms with Crippen LogP contribution in [0.3, 0.4) is 0 Å². The van der Waals surface area contributed by atoms with Gasteiger partial charge in [-0.15, -0.1) is 21.5 Å². The number of aryl methyl sites for hydroxylation is 2. The lowest BCUT2D eigenvalue weighted by molar-refractivity contribution is 0.575. The number of thiophene rings is 1. The molecule has 0 radical (unpaired) electrons. The van der Waals surface area contributed by atoms with E-state index < -0.39 is 0 Å². The lowest BCUT2D eigenvalue weighted by Crippen LogP contribution is -2.11. The van der Waals surface area contributed by atoms with Gasteiger partial charge in [0.2, 0.25) is 5.82 Å². The first-order chi connectivity index (χ1) is 14.6. The van der Waals surface area contributed by atoms with Crippen molar-refractivity contribution in [1.29, 1.82) is 0 Å². The molecule has 5 aromatic rings. The number of H-pyrrole nitrogens is 1. The molecule has 4 heterocycles. The summed E-state index contributed by atoms with van der Waals surface area (Å²) in [7, 11) is 0. The smallest absolute Gasteiger partial charge is 0.259 e. The summed E-state index contributed by atoms with van der Waals surface area (Å²) in [5.74, 6) is 2.33. The Morgan fingerprint density at radius 1 is 1.13 bits per heavy atom. The molecule has 0 fully saturated rings. The molecule has 5 rings (SSSR count).